The molecule has 2 heterocycles. The lowest BCUT2D eigenvalue weighted by Crippen LogP contribution is -2.34. The van der Waals surface area contributed by atoms with Crippen molar-refractivity contribution in [2.45, 2.75) is 19.4 Å². The van der Waals surface area contributed by atoms with Crippen molar-refractivity contribution in [2.75, 3.05) is 39.3 Å². The van der Waals surface area contributed by atoms with Crippen LogP contribution in [0.1, 0.15) is 12.0 Å². The Labute approximate surface area is 169 Å². The summed E-state index contributed by atoms with van der Waals surface area (Å²) in [4.78, 5) is 20.0. The van der Waals surface area contributed by atoms with Gasteiger partial charge in [-0.25, -0.2) is 4.98 Å². The zero-order valence-corrected chi connectivity index (χ0v) is 17.0. The van der Waals surface area contributed by atoms with Crippen LogP contribution in [0.25, 0.3) is 10.9 Å². The number of methoxy groups -OCH3 is 3. The molecule has 0 spiro atoms. The van der Waals surface area contributed by atoms with Crippen molar-refractivity contribution in [3.05, 3.63) is 52.6 Å². The molecule has 0 saturated carbocycles. The topological polar surface area (TPSA) is 65.8 Å². The van der Waals surface area contributed by atoms with Crippen molar-refractivity contribution < 1.29 is 14.2 Å². The number of anilines is 1. The number of hydrogen-bond acceptors (Lipinski definition) is 6. The van der Waals surface area contributed by atoms with Gasteiger partial charge in [-0.05, 0) is 30.5 Å². The number of aryl methyl sites for hydroxylation is 1. The Hall–Kier alpha value is -3.22. The molecule has 0 aliphatic carbocycles. The number of ether oxygens (including phenoxy) is 3. The van der Waals surface area contributed by atoms with Gasteiger partial charge in [0.2, 0.25) is 5.75 Å². The average Bonchev–Trinajstić information content (AvgIpc) is 2.77. The molecule has 0 saturated heterocycles. The molecule has 7 nitrogen and oxygen atoms in total. The molecule has 1 aliphatic rings. The van der Waals surface area contributed by atoms with Gasteiger partial charge in [-0.1, -0.05) is 18.2 Å². The maximum absolute atomic E-state index is 13.1. The molecular formula is C22H25N3O4. The number of nitrogens with zero attached hydrogens (tertiary/aromatic N) is 3. The van der Waals surface area contributed by atoms with E-state index in [-0.39, 0.29) is 5.56 Å². The second kappa shape index (κ2) is 8.03. The molecule has 0 N–H and O–H groups in total. The monoisotopic (exact) mass is 395 g/mol. The molecule has 2 aromatic carbocycles. The first kappa shape index (κ1) is 19.1. The van der Waals surface area contributed by atoms with Gasteiger partial charge in [-0.2, -0.15) is 0 Å². The normalized spacial score (nSPS) is 13.3. The zero-order chi connectivity index (χ0) is 20.4. The lowest BCUT2D eigenvalue weighted by molar-refractivity contribution is 0.326. The highest BCUT2D eigenvalue weighted by atomic mass is 16.5. The van der Waals surface area contributed by atoms with E-state index in [1.807, 2.05) is 0 Å². The van der Waals surface area contributed by atoms with Crippen LogP contribution in [-0.2, 0) is 13.0 Å². The summed E-state index contributed by atoms with van der Waals surface area (Å²) in [6.07, 6.45) is 3.80. The summed E-state index contributed by atoms with van der Waals surface area (Å²) < 4.78 is 17.9. The maximum Gasteiger partial charge on any atom is 0.261 e. The first-order valence-corrected chi connectivity index (χ1v) is 9.69. The van der Waals surface area contributed by atoms with Gasteiger partial charge in [0, 0.05) is 25.3 Å². The third-order valence-electron chi connectivity index (χ3n) is 5.44. The van der Waals surface area contributed by atoms with Crippen molar-refractivity contribution in [1.82, 2.24) is 9.55 Å². The lowest BCUT2D eigenvalue weighted by Gasteiger charge is -2.31. The molecule has 29 heavy (non-hydrogen) atoms. The van der Waals surface area contributed by atoms with E-state index in [4.69, 9.17) is 14.2 Å². The zero-order valence-electron chi connectivity index (χ0n) is 17.0. The van der Waals surface area contributed by atoms with Crippen LogP contribution in [0, 0.1) is 0 Å². The molecule has 0 fully saturated rings. The van der Waals surface area contributed by atoms with E-state index in [1.54, 1.807) is 17.0 Å². The van der Waals surface area contributed by atoms with Gasteiger partial charge in [0.15, 0.2) is 11.5 Å². The Bertz CT molecular complexity index is 1090. The molecule has 152 valence electrons. The van der Waals surface area contributed by atoms with Gasteiger partial charge >= 0.3 is 0 Å². The van der Waals surface area contributed by atoms with Crippen LogP contribution in [0.4, 0.5) is 5.69 Å². The van der Waals surface area contributed by atoms with Crippen LogP contribution in [-0.4, -0.2) is 44.0 Å². The standard InChI is InChI=1S/C22H25N3O4/c1-27-18-13-16-19(21(29-3)20(18)28-2)23-14-25(22(16)26)12-11-24-10-6-8-15-7-4-5-9-17(15)24/h4-5,7,9,13-14H,6,8,10-12H2,1-3H3. The molecular weight excluding hydrogens is 370 g/mol. The van der Waals surface area contributed by atoms with Gasteiger partial charge in [0.1, 0.15) is 5.52 Å². The smallest absolute Gasteiger partial charge is 0.261 e. The Morgan fingerprint density at radius 1 is 1.03 bits per heavy atom. The molecule has 4 rings (SSSR count). The van der Waals surface area contributed by atoms with Gasteiger partial charge < -0.3 is 19.1 Å². The molecule has 0 amide bonds. The minimum absolute atomic E-state index is 0.125. The van der Waals surface area contributed by atoms with Crippen LogP contribution < -0.4 is 24.7 Å². The lowest BCUT2D eigenvalue weighted by atomic mass is 10.0. The summed E-state index contributed by atoms with van der Waals surface area (Å²) in [5, 5.41) is 0.445. The van der Waals surface area contributed by atoms with E-state index < -0.39 is 0 Å². The highest BCUT2D eigenvalue weighted by Gasteiger charge is 2.20. The number of para-hydroxylation sites is 1. The van der Waals surface area contributed by atoms with Crippen molar-refractivity contribution in [3.63, 3.8) is 0 Å². The van der Waals surface area contributed by atoms with Gasteiger partial charge in [-0.15, -0.1) is 0 Å². The van der Waals surface area contributed by atoms with Crippen molar-refractivity contribution in [2.24, 2.45) is 0 Å². The molecule has 0 atom stereocenters. The van der Waals surface area contributed by atoms with Crippen LogP contribution in [0.2, 0.25) is 0 Å². The fourth-order valence-corrected chi connectivity index (χ4v) is 4.00. The summed E-state index contributed by atoms with van der Waals surface area (Å²) >= 11 is 0. The third kappa shape index (κ3) is 3.37. The highest BCUT2D eigenvalue weighted by Crippen LogP contribution is 2.41. The summed E-state index contributed by atoms with van der Waals surface area (Å²) in [6.45, 7) is 2.28. The molecule has 0 radical (unpaired) electrons. The van der Waals surface area contributed by atoms with Crippen LogP contribution >= 0.6 is 0 Å². The molecule has 7 heteroatoms. The Morgan fingerprint density at radius 2 is 1.83 bits per heavy atom. The SMILES string of the molecule is COc1cc2c(=O)n(CCN3CCCc4ccccc43)cnc2c(OC)c1OC. The maximum atomic E-state index is 13.1. The van der Waals surface area contributed by atoms with E-state index in [9.17, 15) is 4.79 Å². The Morgan fingerprint density at radius 3 is 2.59 bits per heavy atom. The number of benzene rings is 2. The molecule has 1 aromatic heterocycles. The summed E-state index contributed by atoms with van der Waals surface area (Å²) in [5.74, 6) is 1.27. The second-order valence-corrected chi connectivity index (χ2v) is 7.00. The summed E-state index contributed by atoms with van der Waals surface area (Å²) in [6, 6.07) is 10.1. The molecule has 0 bridgehead atoms. The summed E-state index contributed by atoms with van der Waals surface area (Å²) in [7, 11) is 4.59. The Kier molecular flexibility index (Phi) is 5.29. The van der Waals surface area contributed by atoms with E-state index in [2.05, 4.69) is 34.1 Å². The number of rotatable bonds is 6. The second-order valence-electron chi connectivity index (χ2n) is 7.00. The summed E-state index contributed by atoms with van der Waals surface area (Å²) in [5.41, 5.74) is 2.96. The van der Waals surface area contributed by atoms with Crippen LogP contribution in [0.3, 0.4) is 0 Å². The van der Waals surface area contributed by atoms with Gasteiger partial charge in [0.05, 0.1) is 33.0 Å². The van der Waals surface area contributed by atoms with E-state index >= 15 is 0 Å². The van der Waals surface area contributed by atoms with Crippen molar-refractivity contribution in [3.8, 4) is 17.2 Å². The van der Waals surface area contributed by atoms with Crippen molar-refractivity contribution >= 4 is 16.6 Å². The Balaban J connectivity index is 1.68. The largest absolute Gasteiger partial charge is 0.493 e. The molecule has 3 aromatic rings. The molecule has 0 unspecified atom stereocenters. The fourth-order valence-electron chi connectivity index (χ4n) is 4.00. The minimum atomic E-state index is -0.125. The van der Waals surface area contributed by atoms with Crippen LogP contribution in [0.15, 0.2) is 41.5 Å². The van der Waals surface area contributed by atoms with Gasteiger partial charge in [0.25, 0.3) is 5.56 Å². The van der Waals surface area contributed by atoms with Gasteiger partial charge in [-0.3, -0.25) is 9.36 Å². The number of aromatic nitrogens is 2. The van der Waals surface area contributed by atoms with Crippen molar-refractivity contribution in [1.29, 1.82) is 0 Å². The minimum Gasteiger partial charge on any atom is -0.493 e. The molecule has 1 aliphatic heterocycles. The predicted octanol–water partition coefficient (Wildman–Crippen LogP) is 2.88. The predicted molar refractivity (Wildman–Crippen MR) is 113 cm³/mol. The fraction of sp³-hybridized carbons (Fsp3) is 0.364. The number of fused-ring (bicyclic) bond motifs is 2. The van der Waals surface area contributed by atoms with E-state index in [1.165, 1.54) is 32.6 Å². The van der Waals surface area contributed by atoms with E-state index in [0.29, 0.717) is 34.7 Å². The highest BCUT2D eigenvalue weighted by molar-refractivity contribution is 5.89. The van der Waals surface area contributed by atoms with Crippen LogP contribution in [0.5, 0.6) is 17.2 Å². The quantitative estimate of drug-likeness (QED) is 0.639. The first-order valence-electron chi connectivity index (χ1n) is 9.69. The third-order valence-corrected chi connectivity index (χ3v) is 5.44. The number of hydrogen-bond donors (Lipinski definition) is 0. The van der Waals surface area contributed by atoms with E-state index in [0.717, 1.165) is 25.9 Å². The average molecular weight is 395 g/mol. The first-order chi connectivity index (χ1) is 14.2.